The van der Waals surface area contributed by atoms with Crippen LogP contribution in [0, 0.1) is 24.7 Å². The van der Waals surface area contributed by atoms with Gasteiger partial charge in [-0.25, -0.2) is 0 Å². The minimum Gasteiger partial charge on any atom is -0.285 e. The van der Waals surface area contributed by atoms with Gasteiger partial charge in [0.15, 0.2) is 0 Å². The standard InChI is InChI=1S/C10H9NO2.C9H13NO2/c1-6-3-4-7-8(5-6)10(13)11(2)9(7)12;1-5-3-6-7(4-5)9(12)10(2)8(6)11/h3-5H,1-2H3;5-7H,3-4H2,1-2H3. The fourth-order valence-electron chi connectivity index (χ4n) is 3.92. The van der Waals surface area contributed by atoms with Gasteiger partial charge in [0, 0.05) is 14.1 Å². The zero-order valence-electron chi connectivity index (χ0n) is 14.9. The fourth-order valence-corrected chi connectivity index (χ4v) is 3.92. The number of hydrogen-bond donors (Lipinski definition) is 0. The summed E-state index contributed by atoms with van der Waals surface area (Å²) >= 11 is 0. The van der Waals surface area contributed by atoms with E-state index in [9.17, 15) is 19.2 Å². The molecule has 2 aliphatic heterocycles. The molecule has 3 aliphatic rings. The molecule has 1 aromatic carbocycles. The van der Waals surface area contributed by atoms with E-state index >= 15 is 0 Å². The first kappa shape index (κ1) is 17.3. The zero-order valence-corrected chi connectivity index (χ0v) is 14.9. The van der Waals surface area contributed by atoms with E-state index in [1.54, 1.807) is 19.2 Å². The minimum atomic E-state index is -0.208. The smallest absolute Gasteiger partial charge is 0.261 e. The van der Waals surface area contributed by atoms with Crippen molar-refractivity contribution >= 4 is 23.6 Å². The predicted octanol–water partition coefficient (Wildman–Crippen LogP) is 1.87. The number of nitrogens with zero attached hydrogens (tertiary/aromatic N) is 2. The van der Waals surface area contributed by atoms with E-state index in [4.69, 9.17) is 0 Å². The Morgan fingerprint density at radius 3 is 1.92 bits per heavy atom. The lowest BCUT2D eigenvalue weighted by atomic mass is 10.00. The topological polar surface area (TPSA) is 74.8 Å². The number of amides is 4. The van der Waals surface area contributed by atoms with Crippen LogP contribution in [-0.2, 0) is 9.59 Å². The van der Waals surface area contributed by atoms with Gasteiger partial charge in [-0.1, -0.05) is 18.6 Å². The summed E-state index contributed by atoms with van der Waals surface area (Å²) in [5.74, 6) is 0.226. The maximum Gasteiger partial charge on any atom is 0.261 e. The van der Waals surface area contributed by atoms with Gasteiger partial charge < -0.3 is 0 Å². The van der Waals surface area contributed by atoms with Crippen LogP contribution in [0.3, 0.4) is 0 Å². The summed E-state index contributed by atoms with van der Waals surface area (Å²) in [7, 11) is 3.09. The van der Waals surface area contributed by atoms with Crippen LogP contribution in [0.25, 0.3) is 0 Å². The third-order valence-corrected chi connectivity index (χ3v) is 5.34. The van der Waals surface area contributed by atoms with Crippen molar-refractivity contribution in [2.45, 2.75) is 26.7 Å². The first-order valence-electron chi connectivity index (χ1n) is 8.46. The van der Waals surface area contributed by atoms with Gasteiger partial charge in [-0.05, 0) is 37.8 Å². The molecule has 0 bridgehead atoms. The molecule has 2 fully saturated rings. The monoisotopic (exact) mass is 342 g/mol. The second kappa shape index (κ2) is 6.10. The van der Waals surface area contributed by atoms with Gasteiger partial charge >= 0.3 is 0 Å². The molecule has 6 heteroatoms. The van der Waals surface area contributed by atoms with Gasteiger partial charge in [0.25, 0.3) is 11.8 Å². The highest BCUT2D eigenvalue weighted by Crippen LogP contribution is 2.42. The average Bonchev–Trinajstić information content (AvgIpc) is 3.13. The van der Waals surface area contributed by atoms with Gasteiger partial charge in [0.1, 0.15) is 0 Å². The number of fused-ring (bicyclic) bond motifs is 2. The van der Waals surface area contributed by atoms with Gasteiger partial charge in [0.2, 0.25) is 11.8 Å². The molecule has 6 nitrogen and oxygen atoms in total. The van der Waals surface area contributed by atoms with Crippen molar-refractivity contribution in [1.82, 2.24) is 9.80 Å². The molecule has 4 rings (SSSR count). The molecule has 1 aromatic rings. The number of likely N-dealkylation sites (tertiary alicyclic amines) is 1. The third-order valence-electron chi connectivity index (χ3n) is 5.34. The van der Waals surface area contributed by atoms with Gasteiger partial charge in [-0.2, -0.15) is 0 Å². The molecular weight excluding hydrogens is 320 g/mol. The van der Waals surface area contributed by atoms with E-state index in [1.165, 1.54) is 11.9 Å². The number of carbonyl (C=O) groups is 4. The van der Waals surface area contributed by atoms with E-state index in [2.05, 4.69) is 6.92 Å². The highest BCUT2D eigenvalue weighted by molar-refractivity contribution is 6.21. The molecule has 132 valence electrons. The van der Waals surface area contributed by atoms with E-state index < -0.39 is 0 Å². The van der Waals surface area contributed by atoms with Crippen molar-refractivity contribution in [1.29, 1.82) is 0 Å². The Balaban J connectivity index is 0.000000146. The first-order valence-corrected chi connectivity index (χ1v) is 8.46. The van der Waals surface area contributed by atoms with Crippen LogP contribution in [0.2, 0.25) is 0 Å². The second-order valence-electron chi connectivity index (χ2n) is 7.24. The molecule has 4 amide bonds. The number of carbonyl (C=O) groups excluding carboxylic acids is 4. The molecule has 1 saturated carbocycles. The SMILES string of the molecule is CC1CC2C(=O)N(C)C(=O)C2C1.Cc1ccc2c(c1)C(=O)N(C)C2=O. The van der Waals surface area contributed by atoms with E-state index in [0.29, 0.717) is 17.0 Å². The maximum atomic E-state index is 11.5. The lowest BCUT2D eigenvalue weighted by Crippen LogP contribution is -2.27. The highest BCUT2D eigenvalue weighted by atomic mass is 16.2. The third kappa shape index (κ3) is 2.75. The molecule has 25 heavy (non-hydrogen) atoms. The van der Waals surface area contributed by atoms with E-state index in [1.807, 2.05) is 13.0 Å². The molecule has 0 radical (unpaired) electrons. The summed E-state index contributed by atoms with van der Waals surface area (Å²) in [6.07, 6.45) is 1.80. The first-order chi connectivity index (χ1) is 11.7. The quantitative estimate of drug-likeness (QED) is 0.675. The number of imide groups is 2. The number of hydrogen-bond acceptors (Lipinski definition) is 4. The predicted molar refractivity (Wildman–Crippen MR) is 90.8 cm³/mol. The Labute approximate surface area is 146 Å². The lowest BCUT2D eigenvalue weighted by Gasteiger charge is -2.09. The maximum absolute atomic E-state index is 11.5. The van der Waals surface area contributed by atoms with Crippen molar-refractivity contribution in [2.24, 2.45) is 17.8 Å². The van der Waals surface area contributed by atoms with Crippen molar-refractivity contribution < 1.29 is 19.2 Å². The Morgan fingerprint density at radius 2 is 1.36 bits per heavy atom. The summed E-state index contributed by atoms with van der Waals surface area (Å²) in [4.78, 5) is 48.2. The summed E-state index contributed by atoms with van der Waals surface area (Å²) in [5.41, 5.74) is 2.03. The molecule has 0 spiro atoms. The Bertz CT molecular complexity index is 762. The van der Waals surface area contributed by atoms with Gasteiger partial charge in [-0.3, -0.25) is 29.0 Å². The van der Waals surface area contributed by atoms with Crippen LogP contribution in [-0.4, -0.2) is 47.5 Å². The van der Waals surface area contributed by atoms with Crippen molar-refractivity contribution in [2.75, 3.05) is 14.1 Å². The van der Waals surface area contributed by atoms with Crippen LogP contribution in [0.15, 0.2) is 18.2 Å². The van der Waals surface area contributed by atoms with Crippen LogP contribution >= 0.6 is 0 Å². The van der Waals surface area contributed by atoms with Crippen LogP contribution in [0.1, 0.15) is 46.0 Å². The molecule has 1 aliphatic carbocycles. The molecule has 0 aromatic heterocycles. The number of aryl methyl sites for hydroxylation is 1. The average molecular weight is 342 g/mol. The Morgan fingerprint density at radius 1 is 0.840 bits per heavy atom. The number of rotatable bonds is 0. The molecule has 2 atom stereocenters. The Kier molecular flexibility index (Phi) is 4.22. The van der Waals surface area contributed by atoms with E-state index in [-0.39, 0.29) is 35.5 Å². The molecule has 2 unspecified atom stereocenters. The highest BCUT2D eigenvalue weighted by Gasteiger charge is 2.50. The van der Waals surface area contributed by atoms with Crippen molar-refractivity contribution in [3.63, 3.8) is 0 Å². The second-order valence-corrected chi connectivity index (χ2v) is 7.24. The number of benzene rings is 1. The molecule has 0 N–H and O–H groups in total. The molecule has 1 saturated heterocycles. The zero-order chi connectivity index (χ0) is 18.5. The van der Waals surface area contributed by atoms with E-state index in [0.717, 1.165) is 23.3 Å². The van der Waals surface area contributed by atoms with Gasteiger partial charge in [-0.15, -0.1) is 0 Å². The summed E-state index contributed by atoms with van der Waals surface area (Å²) in [6, 6.07) is 5.29. The summed E-state index contributed by atoms with van der Waals surface area (Å²) < 4.78 is 0. The largest absolute Gasteiger partial charge is 0.285 e. The van der Waals surface area contributed by atoms with Crippen molar-refractivity contribution in [3.8, 4) is 0 Å². The minimum absolute atomic E-state index is 0.0116. The van der Waals surface area contributed by atoms with Crippen LogP contribution < -0.4 is 0 Å². The Hall–Kier alpha value is -2.50. The lowest BCUT2D eigenvalue weighted by molar-refractivity contribution is -0.138. The fraction of sp³-hybridized carbons (Fsp3) is 0.474. The summed E-state index contributed by atoms with van der Waals surface area (Å²) in [6.45, 7) is 4.01. The molecular formula is C19H22N2O4. The summed E-state index contributed by atoms with van der Waals surface area (Å²) in [5, 5.41) is 0. The van der Waals surface area contributed by atoms with Crippen LogP contribution in [0.5, 0.6) is 0 Å². The van der Waals surface area contributed by atoms with Gasteiger partial charge in [0.05, 0.1) is 23.0 Å². The normalized spacial score (nSPS) is 27.4. The van der Waals surface area contributed by atoms with Crippen molar-refractivity contribution in [3.05, 3.63) is 34.9 Å². The molecule has 2 heterocycles. The van der Waals surface area contributed by atoms with Crippen LogP contribution in [0.4, 0.5) is 0 Å².